The molecule has 0 bridgehead atoms. The number of alkyl carbamates (subject to hydrolysis) is 1. The Labute approximate surface area is 188 Å². The summed E-state index contributed by atoms with van der Waals surface area (Å²) in [5.41, 5.74) is -2.27. The van der Waals surface area contributed by atoms with Gasteiger partial charge in [-0.3, -0.25) is 9.36 Å². The van der Waals surface area contributed by atoms with Crippen molar-refractivity contribution in [1.82, 2.24) is 14.6 Å². The molecular formula is C21H25ClFN3O6. The van der Waals surface area contributed by atoms with Crippen LogP contribution in [0.25, 0.3) is 11.1 Å². The quantitative estimate of drug-likeness (QED) is 0.721. The number of hydrogen-bond acceptors (Lipinski definition) is 6. The first-order valence-corrected chi connectivity index (χ1v) is 10.1. The van der Waals surface area contributed by atoms with Gasteiger partial charge in [-0.1, -0.05) is 11.6 Å². The minimum Gasteiger partial charge on any atom is -0.444 e. The van der Waals surface area contributed by atoms with Crippen molar-refractivity contribution in [2.75, 3.05) is 6.54 Å². The third kappa shape index (κ3) is 5.76. The molecule has 0 unspecified atom stereocenters. The zero-order valence-electron chi connectivity index (χ0n) is 18.6. The number of hydrogen-bond donors (Lipinski definition) is 1. The molecule has 2 rings (SSSR count). The molecule has 0 saturated carbocycles. The first kappa shape index (κ1) is 25.1. The Morgan fingerprint density at radius 1 is 1.22 bits per heavy atom. The molecule has 1 aromatic heterocycles. The lowest BCUT2D eigenvalue weighted by Gasteiger charge is -2.22. The lowest BCUT2D eigenvalue weighted by atomic mass is 10.1. The van der Waals surface area contributed by atoms with Crippen molar-refractivity contribution in [1.29, 1.82) is 0 Å². The van der Waals surface area contributed by atoms with E-state index in [4.69, 9.17) is 21.2 Å². The third-order valence-corrected chi connectivity index (χ3v) is 4.80. The van der Waals surface area contributed by atoms with Gasteiger partial charge in [0.1, 0.15) is 11.4 Å². The van der Waals surface area contributed by atoms with Gasteiger partial charge in [0.25, 0.3) is 5.56 Å². The highest BCUT2D eigenvalue weighted by Gasteiger charge is 2.23. The van der Waals surface area contributed by atoms with Crippen molar-refractivity contribution in [2.45, 2.75) is 53.2 Å². The highest BCUT2D eigenvalue weighted by molar-refractivity contribution is 6.34. The lowest BCUT2D eigenvalue weighted by molar-refractivity contribution is -0.142. The number of amides is 1. The first-order chi connectivity index (χ1) is 14.7. The third-order valence-electron chi connectivity index (χ3n) is 4.31. The van der Waals surface area contributed by atoms with Crippen LogP contribution in [0.3, 0.4) is 0 Å². The van der Waals surface area contributed by atoms with Crippen molar-refractivity contribution in [3.05, 3.63) is 55.6 Å². The topological polar surface area (TPSA) is 109 Å². The van der Waals surface area contributed by atoms with Crippen LogP contribution in [0.4, 0.5) is 9.18 Å². The Morgan fingerprint density at radius 2 is 1.84 bits per heavy atom. The van der Waals surface area contributed by atoms with E-state index in [2.05, 4.69) is 5.32 Å². The number of halogens is 2. The number of aromatic nitrogens is 2. The minimum absolute atomic E-state index is 0.0267. The number of carbonyl (C=O) groups excluding carboxylic acids is 2. The number of nitrogens with one attached hydrogen (secondary N) is 1. The molecule has 0 aliphatic carbocycles. The van der Waals surface area contributed by atoms with E-state index in [0.717, 1.165) is 23.8 Å². The SMILES string of the molecule is CC(=O)On1cc(-c2ccc(F)c(C)c2Cl)c(=O)n([C@@H](C)CNC(=O)OC(C)(C)C)c1=O. The summed E-state index contributed by atoms with van der Waals surface area (Å²) in [5, 5.41) is 2.46. The molecule has 1 amide bonds. The van der Waals surface area contributed by atoms with Crippen molar-refractivity contribution in [3.8, 4) is 11.1 Å². The highest BCUT2D eigenvalue weighted by Crippen LogP contribution is 2.30. The second-order valence-corrected chi connectivity index (χ2v) is 8.55. The zero-order valence-corrected chi connectivity index (χ0v) is 19.4. The second-order valence-electron chi connectivity index (χ2n) is 8.17. The highest BCUT2D eigenvalue weighted by atomic mass is 35.5. The largest absolute Gasteiger partial charge is 0.444 e. The fourth-order valence-electron chi connectivity index (χ4n) is 2.83. The van der Waals surface area contributed by atoms with Crippen LogP contribution in [0.1, 0.15) is 46.2 Å². The van der Waals surface area contributed by atoms with Gasteiger partial charge >= 0.3 is 17.8 Å². The van der Waals surface area contributed by atoms with E-state index in [-0.39, 0.29) is 28.3 Å². The Morgan fingerprint density at radius 3 is 2.41 bits per heavy atom. The lowest BCUT2D eigenvalue weighted by Crippen LogP contribution is -2.47. The monoisotopic (exact) mass is 469 g/mol. The van der Waals surface area contributed by atoms with Gasteiger partial charge in [-0.15, -0.1) is 4.73 Å². The summed E-state index contributed by atoms with van der Waals surface area (Å²) in [6, 6.07) is 1.57. The van der Waals surface area contributed by atoms with Crippen molar-refractivity contribution in [3.63, 3.8) is 0 Å². The van der Waals surface area contributed by atoms with E-state index in [1.807, 2.05) is 0 Å². The predicted octanol–water partition coefficient (Wildman–Crippen LogP) is 2.84. The predicted molar refractivity (Wildman–Crippen MR) is 116 cm³/mol. The average molecular weight is 470 g/mol. The van der Waals surface area contributed by atoms with Gasteiger partial charge in [0.2, 0.25) is 0 Å². The molecule has 1 aromatic carbocycles. The first-order valence-electron chi connectivity index (χ1n) is 9.72. The maximum atomic E-state index is 13.8. The molecule has 1 heterocycles. The molecule has 0 fully saturated rings. The molecule has 9 nitrogen and oxygen atoms in total. The molecule has 0 saturated heterocycles. The van der Waals surface area contributed by atoms with E-state index in [1.54, 1.807) is 20.8 Å². The molecule has 0 radical (unpaired) electrons. The molecule has 0 spiro atoms. The van der Waals surface area contributed by atoms with Crippen LogP contribution in [0.2, 0.25) is 5.02 Å². The number of rotatable bonds is 5. The van der Waals surface area contributed by atoms with Gasteiger partial charge in [0, 0.05) is 24.6 Å². The second kappa shape index (κ2) is 9.56. The van der Waals surface area contributed by atoms with E-state index in [9.17, 15) is 23.6 Å². The fraction of sp³-hybridized carbons (Fsp3) is 0.429. The molecule has 1 N–H and O–H groups in total. The van der Waals surface area contributed by atoms with Crippen LogP contribution >= 0.6 is 11.6 Å². The molecule has 0 aliphatic rings. The molecule has 0 aliphatic heterocycles. The number of benzene rings is 1. The number of nitrogens with zero attached hydrogens (tertiary/aromatic N) is 2. The van der Waals surface area contributed by atoms with Gasteiger partial charge < -0.3 is 14.9 Å². The molecule has 1 atom stereocenters. The van der Waals surface area contributed by atoms with Crippen LogP contribution in [0, 0.1) is 12.7 Å². The summed E-state index contributed by atoms with van der Waals surface area (Å²) in [6.07, 6.45) is 0.292. The summed E-state index contributed by atoms with van der Waals surface area (Å²) in [4.78, 5) is 54.4. The fourth-order valence-corrected chi connectivity index (χ4v) is 3.09. The molecule has 2 aromatic rings. The Kier molecular flexibility index (Phi) is 7.50. The maximum absolute atomic E-state index is 13.8. The van der Waals surface area contributed by atoms with E-state index >= 15 is 0 Å². The molecular weight excluding hydrogens is 445 g/mol. The summed E-state index contributed by atoms with van der Waals surface area (Å²) in [7, 11) is 0. The smallest absolute Gasteiger partial charge is 0.407 e. The summed E-state index contributed by atoms with van der Waals surface area (Å²) in [5.74, 6) is -1.37. The number of carbonyl (C=O) groups is 2. The molecule has 32 heavy (non-hydrogen) atoms. The Bertz CT molecular complexity index is 1170. The Balaban J connectivity index is 2.58. The van der Waals surface area contributed by atoms with Crippen molar-refractivity contribution in [2.24, 2.45) is 0 Å². The van der Waals surface area contributed by atoms with E-state index in [1.165, 1.54) is 19.9 Å². The van der Waals surface area contributed by atoms with Crippen LogP contribution < -0.4 is 21.4 Å². The van der Waals surface area contributed by atoms with E-state index < -0.39 is 40.8 Å². The average Bonchev–Trinajstić information content (AvgIpc) is 2.66. The summed E-state index contributed by atoms with van der Waals surface area (Å²) >= 11 is 6.24. The minimum atomic E-state index is -0.942. The van der Waals surface area contributed by atoms with Gasteiger partial charge in [-0.25, -0.2) is 18.8 Å². The molecule has 174 valence electrons. The van der Waals surface area contributed by atoms with E-state index in [0.29, 0.717) is 4.73 Å². The van der Waals surface area contributed by atoms with Gasteiger partial charge in [0.15, 0.2) is 0 Å². The van der Waals surface area contributed by atoms with Crippen LogP contribution in [-0.2, 0) is 9.53 Å². The van der Waals surface area contributed by atoms with Crippen LogP contribution in [0.15, 0.2) is 27.9 Å². The summed E-state index contributed by atoms with van der Waals surface area (Å²) in [6.45, 7) is 8.98. The van der Waals surface area contributed by atoms with Crippen LogP contribution in [0.5, 0.6) is 0 Å². The number of ether oxygens (including phenoxy) is 1. The summed E-state index contributed by atoms with van der Waals surface area (Å²) < 4.78 is 20.4. The van der Waals surface area contributed by atoms with Crippen molar-refractivity contribution < 1.29 is 23.6 Å². The molecule has 11 heteroatoms. The Hall–Kier alpha value is -3.14. The van der Waals surface area contributed by atoms with Gasteiger partial charge in [-0.05, 0) is 46.8 Å². The normalized spacial score (nSPS) is 12.2. The van der Waals surface area contributed by atoms with Gasteiger partial charge in [0.05, 0.1) is 22.8 Å². The standard InChI is InChI=1S/C21H25ClFN3O6/c1-11(9-24-19(29)31-21(4,5)6)26-18(28)15(10-25(20(26)30)32-13(3)27)14-7-8-16(23)12(2)17(14)22/h7-8,10-11H,9H2,1-6H3,(H,24,29)/t11-/m0/s1. The zero-order chi connectivity index (χ0) is 24.4. The van der Waals surface area contributed by atoms with Crippen LogP contribution in [-0.4, -0.2) is 33.5 Å². The van der Waals surface area contributed by atoms with Gasteiger partial charge in [-0.2, -0.15) is 0 Å². The van der Waals surface area contributed by atoms with Crippen molar-refractivity contribution >= 4 is 23.7 Å². The maximum Gasteiger partial charge on any atom is 0.407 e.